The van der Waals surface area contributed by atoms with Crippen LogP contribution in [0.15, 0.2) is 60.9 Å². The molecule has 0 fully saturated rings. The van der Waals surface area contributed by atoms with E-state index < -0.39 is 0 Å². The van der Waals surface area contributed by atoms with Gasteiger partial charge < -0.3 is 10.6 Å². The van der Waals surface area contributed by atoms with Crippen LogP contribution in [0, 0.1) is 5.82 Å². The van der Waals surface area contributed by atoms with E-state index >= 15 is 0 Å². The van der Waals surface area contributed by atoms with Crippen molar-refractivity contribution in [3.63, 3.8) is 0 Å². The van der Waals surface area contributed by atoms with Crippen molar-refractivity contribution < 1.29 is 9.18 Å². The van der Waals surface area contributed by atoms with E-state index in [9.17, 15) is 9.18 Å². The summed E-state index contributed by atoms with van der Waals surface area (Å²) in [6.45, 7) is 0.689. The third-order valence-electron chi connectivity index (χ3n) is 4.60. The Balaban J connectivity index is 1.35. The van der Waals surface area contributed by atoms with Gasteiger partial charge >= 0.3 is 6.03 Å². The highest BCUT2D eigenvalue weighted by atomic mass is 19.1. The number of carbonyl (C=O) groups is 1. The molecule has 6 heteroatoms. The Morgan fingerprint density at radius 3 is 2.85 bits per heavy atom. The second-order valence-electron chi connectivity index (χ2n) is 6.43. The van der Waals surface area contributed by atoms with Gasteiger partial charge in [0.15, 0.2) is 0 Å². The van der Waals surface area contributed by atoms with E-state index in [2.05, 4.69) is 15.7 Å². The van der Waals surface area contributed by atoms with Crippen LogP contribution in [-0.2, 0) is 13.0 Å². The fourth-order valence-corrected chi connectivity index (χ4v) is 3.34. The van der Waals surface area contributed by atoms with Crippen molar-refractivity contribution in [2.45, 2.75) is 25.4 Å². The number of hydrogen-bond acceptors (Lipinski definition) is 2. The van der Waals surface area contributed by atoms with E-state index in [1.165, 1.54) is 6.07 Å². The number of hydrogen-bond donors (Lipinski definition) is 2. The lowest BCUT2D eigenvalue weighted by atomic mass is 10.1. The molecule has 0 saturated carbocycles. The molecule has 1 aliphatic carbocycles. The fourth-order valence-electron chi connectivity index (χ4n) is 3.34. The maximum Gasteiger partial charge on any atom is 0.319 e. The molecule has 132 valence electrons. The molecular formula is C20H19FN4O. The minimum absolute atomic E-state index is 0.0790. The molecule has 2 N–H and O–H groups in total. The molecule has 2 amide bonds. The molecule has 4 rings (SSSR count). The number of carbonyl (C=O) groups excluding carboxylic acids is 1. The number of amides is 2. The lowest BCUT2D eigenvalue weighted by Crippen LogP contribution is -2.31. The van der Waals surface area contributed by atoms with Gasteiger partial charge in [0.1, 0.15) is 5.82 Å². The number of anilines is 1. The topological polar surface area (TPSA) is 59.0 Å². The molecule has 0 aliphatic heterocycles. The SMILES string of the molecule is O=C(Nc1ccc(Cn2cccn2)cc1)NC1CCc2cc(F)ccc21. The van der Waals surface area contributed by atoms with Gasteiger partial charge in [0.2, 0.25) is 0 Å². The van der Waals surface area contributed by atoms with Gasteiger partial charge in [-0.1, -0.05) is 18.2 Å². The maximum absolute atomic E-state index is 13.3. The van der Waals surface area contributed by atoms with E-state index in [0.29, 0.717) is 6.54 Å². The van der Waals surface area contributed by atoms with Crippen molar-refractivity contribution in [1.29, 1.82) is 0 Å². The fraction of sp³-hybridized carbons (Fsp3) is 0.200. The van der Waals surface area contributed by atoms with E-state index in [1.807, 2.05) is 41.2 Å². The first kappa shape index (κ1) is 16.3. The predicted octanol–water partition coefficient (Wildman–Crippen LogP) is 3.88. The third kappa shape index (κ3) is 3.59. The average Bonchev–Trinajstić information content (AvgIpc) is 3.27. The molecule has 0 spiro atoms. The minimum Gasteiger partial charge on any atom is -0.331 e. The van der Waals surface area contributed by atoms with Gasteiger partial charge in [-0.25, -0.2) is 9.18 Å². The number of rotatable bonds is 4. The van der Waals surface area contributed by atoms with Gasteiger partial charge in [-0.2, -0.15) is 5.10 Å². The number of urea groups is 1. The second-order valence-corrected chi connectivity index (χ2v) is 6.43. The molecule has 3 aromatic rings. The third-order valence-corrected chi connectivity index (χ3v) is 4.60. The summed E-state index contributed by atoms with van der Waals surface area (Å²) >= 11 is 0. The molecule has 0 radical (unpaired) electrons. The van der Waals surface area contributed by atoms with Crippen LogP contribution in [0.1, 0.15) is 29.2 Å². The molecule has 26 heavy (non-hydrogen) atoms. The summed E-state index contributed by atoms with van der Waals surface area (Å²) in [6, 6.07) is 14.0. The molecule has 2 aromatic carbocycles. The van der Waals surface area contributed by atoms with E-state index in [4.69, 9.17) is 0 Å². The van der Waals surface area contributed by atoms with Crippen molar-refractivity contribution in [2.24, 2.45) is 0 Å². The molecule has 1 heterocycles. The van der Waals surface area contributed by atoms with E-state index in [1.54, 1.807) is 18.3 Å². The van der Waals surface area contributed by atoms with Gasteiger partial charge in [0, 0.05) is 18.1 Å². The van der Waals surface area contributed by atoms with Crippen LogP contribution in [0.5, 0.6) is 0 Å². The Morgan fingerprint density at radius 1 is 1.23 bits per heavy atom. The summed E-state index contributed by atoms with van der Waals surface area (Å²) in [5.41, 5.74) is 3.80. The summed E-state index contributed by atoms with van der Waals surface area (Å²) in [5, 5.41) is 9.99. The Morgan fingerprint density at radius 2 is 2.08 bits per heavy atom. The number of benzene rings is 2. The molecule has 0 bridgehead atoms. The van der Waals surface area contributed by atoms with Crippen molar-refractivity contribution in [2.75, 3.05) is 5.32 Å². The smallest absolute Gasteiger partial charge is 0.319 e. The average molecular weight is 350 g/mol. The summed E-state index contributed by atoms with van der Waals surface area (Å²) in [5.74, 6) is -0.232. The van der Waals surface area contributed by atoms with Crippen LogP contribution in [0.25, 0.3) is 0 Å². The number of halogens is 1. The summed E-state index contributed by atoms with van der Waals surface area (Å²) in [7, 11) is 0. The maximum atomic E-state index is 13.3. The number of nitrogens with one attached hydrogen (secondary N) is 2. The summed E-state index contributed by atoms with van der Waals surface area (Å²) in [4.78, 5) is 12.3. The number of fused-ring (bicyclic) bond motifs is 1. The first-order chi connectivity index (χ1) is 12.7. The first-order valence-corrected chi connectivity index (χ1v) is 8.59. The summed E-state index contributed by atoms with van der Waals surface area (Å²) in [6.07, 6.45) is 5.22. The van der Waals surface area contributed by atoms with Gasteiger partial charge in [0.05, 0.1) is 12.6 Å². The molecule has 0 saturated heterocycles. The van der Waals surface area contributed by atoms with Crippen molar-refractivity contribution in [3.05, 3.63) is 83.4 Å². The normalized spacial score (nSPS) is 15.5. The zero-order valence-electron chi connectivity index (χ0n) is 14.2. The monoisotopic (exact) mass is 350 g/mol. The van der Waals surface area contributed by atoms with Crippen LogP contribution in [0.4, 0.5) is 14.9 Å². The first-order valence-electron chi connectivity index (χ1n) is 8.59. The highest BCUT2D eigenvalue weighted by Crippen LogP contribution is 2.31. The van der Waals surface area contributed by atoms with Gasteiger partial charge in [-0.3, -0.25) is 4.68 Å². The lowest BCUT2D eigenvalue weighted by molar-refractivity contribution is 0.248. The largest absolute Gasteiger partial charge is 0.331 e. The molecule has 1 aliphatic rings. The molecule has 1 aromatic heterocycles. The number of aromatic nitrogens is 2. The highest BCUT2D eigenvalue weighted by Gasteiger charge is 2.24. The standard InChI is InChI=1S/C20H19FN4O/c21-16-5-8-18-15(12-16)4-9-19(18)24-20(26)23-17-6-2-14(3-7-17)13-25-11-1-10-22-25/h1-3,5-8,10-12,19H,4,9,13H2,(H2,23,24,26). The van der Waals surface area contributed by atoms with E-state index in [0.717, 1.165) is 35.2 Å². The molecule has 5 nitrogen and oxygen atoms in total. The van der Waals surface area contributed by atoms with Crippen molar-refractivity contribution in [3.8, 4) is 0 Å². The van der Waals surface area contributed by atoms with Gasteiger partial charge in [-0.05, 0) is 59.9 Å². The van der Waals surface area contributed by atoms with Crippen LogP contribution < -0.4 is 10.6 Å². The minimum atomic E-state index is -0.257. The Hall–Kier alpha value is -3.15. The predicted molar refractivity (Wildman–Crippen MR) is 97.4 cm³/mol. The zero-order valence-corrected chi connectivity index (χ0v) is 14.2. The van der Waals surface area contributed by atoms with Crippen molar-refractivity contribution in [1.82, 2.24) is 15.1 Å². The number of nitrogens with zero attached hydrogens (tertiary/aromatic N) is 2. The molecular weight excluding hydrogens is 331 g/mol. The lowest BCUT2D eigenvalue weighted by Gasteiger charge is -2.15. The Bertz CT molecular complexity index is 906. The van der Waals surface area contributed by atoms with Gasteiger partial charge in [-0.15, -0.1) is 0 Å². The second kappa shape index (κ2) is 7.00. The van der Waals surface area contributed by atoms with Crippen LogP contribution >= 0.6 is 0 Å². The number of aryl methyl sites for hydroxylation is 1. The van der Waals surface area contributed by atoms with Crippen LogP contribution in [0.3, 0.4) is 0 Å². The molecule has 1 atom stereocenters. The van der Waals surface area contributed by atoms with E-state index in [-0.39, 0.29) is 17.9 Å². The van der Waals surface area contributed by atoms with Crippen LogP contribution in [0.2, 0.25) is 0 Å². The van der Waals surface area contributed by atoms with Crippen LogP contribution in [-0.4, -0.2) is 15.8 Å². The highest BCUT2D eigenvalue weighted by molar-refractivity contribution is 5.89. The summed E-state index contributed by atoms with van der Waals surface area (Å²) < 4.78 is 15.1. The quantitative estimate of drug-likeness (QED) is 0.750. The molecule has 1 unspecified atom stereocenters. The van der Waals surface area contributed by atoms with Crippen molar-refractivity contribution >= 4 is 11.7 Å². The Labute approximate surface area is 150 Å². The zero-order chi connectivity index (χ0) is 17.9. The van der Waals surface area contributed by atoms with Gasteiger partial charge in [0.25, 0.3) is 0 Å². The Kier molecular flexibility index (Phi) is 4.39.